The molecule has 1 aromatic carbocycles. The Hall–Kier alpha value is -1.95. The topological polar surface area (TPSA) is 64.1 Å². The van der Waals surface area contributed by atoms with Crippen molar-refractivity contribution >= 4 is 5.96 Å². The van der Waals surface area contributed by atoms with Crippen LogP contribution in [-0.4, -0.2) is 38.6 Å². The number of hydrogen-bond acceptors (Lipinski definition) is 4. The van der Waals surface area contributed by atoms with Crippen LogP contribution in [0.3, 0.4) is 0 Å². The van der Waals surface area contributed by atoms with E-state index in [-0.39, 0.29) is 5.41 Å². The van der Waals surface area contributed by atoms with E-state index in [0.29, 0.717) is 31.4 Å². The summed E-state index contributed by atoms with van der Waals surface area (Å²) < 4.78 is 16.6. The Kier molecular flexibility index (Phi) is 3.79. The first-order chi connectivity index (χ1) is 11.6. The van der Waals surface area contributed by atoms with Crippen molar-refractivity contribution < 1.29 is 14.2 Å². The third-order valence-corrected chi connectivity index (χ3v) is 5.51. The van der Waals surface area contributed by atoms with Crippen LogP contribution in [0.5, 0.6) is 11.5 Å². The number of guanidine groups is 1. The zero-order chi connectivity index (χ0) is 16.7. The van der Waals surface area contributed by atoms with Crippen LogP contribution in [0, 0.1) is 11.3 Å². The van der Waals surface area contributed by atoms with Gasteiger partial charge >= 0.3 is 0 Å². The molecule has 130 valence electrons. The number of aliphatic imine (C=N–C) groups is 1. The Morgan fingerprint density at radius 3 is 2.96 bits per heavy atom. The number of rotatable bonds is 3. The van der Waals surface area contributed by atoms with Gasteiger partial charge in [0, 0.05) is 37.6 Å². The Morgan fingerprint density at radius 2 is 2.12 bits per heavy atom. The molecule has 0 bridgehead atoms. The predicted octanol–water partition coefficient (Wildman–Crippen LogP) is 1.89. The van der Waals surface area contributed by atoms with E-state index in [2.05, 4.69) is 29.5 Å². The van der Waals surface area contributed by atoms with Crippen molar-refractivity contribution in [3.8, 4) is 11.5 Å². The summed E-state index contributed by atoms with van der Waals surface area (Å²) in [5.41, 5.74) is 1.27. The molecule has 3 aliphatic rings. The van der Waals surface area contributed by atoms with E-state index in [9.17, 15) is 0 Å². The maximum Gasteiger partial charge on any atom is 0.231 e. The minimum Gasteiger partial charge on any atom is -0.454 e. The fourth-order valence-electron chi connectivity index (χ4n) is 4.20. The van der Waals surface area contributed by atoms with Gasteiger partial charge in [0.25, 0.3) is 0 Å². The van der Waals surface area contributed by atoms with E-state index < -0.39 is 0 Å². The molecule has 6 heteroatoms. The van der Waals surface area contributed by atoms with Crippen LogP contribution in [0.25, 0.3) is 0 Å². The quantitative estimate of drug-likeness (QED) is 0.654. The third-order valence-electron chi connectivity index (χ3n) is 5.51. The van der Waals surface area contributed by atoms with Gasteiger partial charge in [0.05, 0.1) is 6.10 Å². The molecule has 1 aromatic rings. The monoisotopic (exact) mass is 331 g/mol. The Balaban J connectivity index is 1.37. The van der Waals surface area contributed by atoms with E-state index in [4.69, 9.17) is 14.2 Å². The highest BCUT2D eigenvalue weighted by molar-refractivity contribution is 5.80. The first-order valence-electron chi connectivity index (χ1n) is 8.57. The number of ether oxygens (including phenoxy) is 3. The Labute approximate surface area is 142 Å². The molecule has 2 fully saturated rings. The van der Waals surface area contributed by atoms with Crippen molar-refractivity contribution in [2.24, 2.45) is 16.3 Å². The van der Waals surface area contributed by atoms with E-state index in [0.717, 1.165) is 36.0 Å². The largest absolute Gasteiger partial charge is 0.454 e. The average molecular weight is 331 g/mol. The lowest BCUT2D eigenvalue weighted by Crippen LogP contribution is -2.67. The first-order valence-corrected chi connectivity index (χ1v) is 8.57. The summed E-state index contributed by atoms with van der Waals surface area (Å²) in [5, 5.41) is 6.99. The molecule has 3 unspecified atom stereocenters. The third kappa shape index (κ3) is 2.49. The number of hydrogen-bond donors (Lipinski definition) is 2. The highest BCUT2D eigenvalue weighted by Crippen LogP contribution is 2.52. The molecule has 4 rings (SSSR count). The second kappa shape index (κ2) is 5.84. The van der Waals surface area contributed by atoms with Crippen LogP contribution in [0.1, 0.15) is 25.8 Å². The number of benzene rings is 1. The average Bonchev–Trinajstić information content (AvgIpc) is 3.22. The lowest BCUT2D eigenvalue weighted by Gasteiger charge is -2.54. The van der Waals surface area contributed by atoms with Gasteiger partial charge in [-0.2, -0.15) is 0 Å². The van der Waals surface area contributed by atoms with Gasteiger partial charge in [-0.25, -0.2) is 0 Å². The summed E-state index contributed by atoms with van der Waals surface area (Å²) in [6, 6.07) is 6.40. The molecule has 1 saturated heterocycles. The number of fused-ring (bicyclic) bond motifs is 2. The number of nitrogens with one attached hydrogen (secondary N) is 2. The maximum absolute atomic E-state index is 5.86. The second-order valence-electron chi connectivity index (χ2n) is 7.30. The SMILES string of the molecule is CN=C(NCc1ccc2c(c1)OCO2)NC1C2CCOC2C1(C)C. The molecule has 2 heterocycles. The van der Waals surface area contributed by atoms with Gasteiger partial charge in [-0.3, -0.25) is 4.99 Å². The van der Waals surface area contributed by atoms with E-state index >= 15 is 0 Å². The van der Waals surface area contributed by atoms with Crippen LogP contribution >= 0.6 is 0 Å². The molecule has 24 heavy (non-hydrogen) atoms. The highest BCUT2D eigenvalue weighted by Gasteiger charge is 2.59. The van der Waals surface area contributed by atoms with Gasteiger partial charge in [-0.15, -0.1) is 0 Å². The summed E-state index contributed by atoms with van der Waals surface area (Å²) in [7, 11) is 1.81. The summed E-state index contributed by atoms with van der Waals surface area (Å²) in [6.45, 7) is 6.40. The normalized spacial score (nSPS) is 29.8. The summed E-state index contributed by atoms with van der Waals surface area (Å²) >= 11 is 0. The molecule has 0 amide bonds. The minimum atomic E-state index is 0.136. The fourth-order valence-corrected chi connectivity index (χ4v) is 4.20. The van der Waals surface area contributed by atoms with E-state index in [1.807, 2.05) is 25.2 Å². The molecule has 1 saturated carbocycles. The molecule has 0 spiro atoms. The summed E-state index contributed by atoms with van der Waals surface area (Å²) in [4.78, 5) is 4.37. The molecule has 0 radical (unpaired) electrons. The molecular weight excluding hydrogens is 306 g/mol. The van der Waals surface area contributed by atoms with E-state index in [1.54, 1.807) is 0 Å². The van der Waals surface area contributed by atoms with Crippen molar-refractivity contribution in [3.05, 3.63) is 23.8 Å². The van der Waals surface area contributed by atoms with Gasteiger partial charge in [-0.05, 0) is 24.1 Å². The molecular formula is C18H25N3O3. The van der Waals surface area contributed by atoms with Crippen LogP contribution < -0.4 is 20.1 Å². The second-order valence-corrected chi connectivity index (χ2v) is 7.30. The van der Waals surface area contributed by atoms with Crippen LogP contribution in [0.2, 0.25) is 0 Å². The molecule has 2 N–H and O–H groups in total. The standard InChI is InChI=1S/C18H25N3O3/c1-18(2)15(12-6-7-22-16(12)18)21-17(19-3)20-9-11-4-5-13-14(8-11)24-10-23-13/h4-5,8,12,15-16H,6-7,9-10H2,1-3H3,(H2,19,20,21). The van der Waals surface area contributed by atoms with Crippen LogP contribution in [0.4, 0.5) is 0 Å². The zero-order valence-electron chi connectivity index (χ0n) is 14.5. The summed E-state index contributed by atoms with van der Waals surface area (Å²) in [6.07, 6.45) is 1.51. The molecule has 3 atom stereocenters. The summed E-state index contributed by atoms with van der Waals surface area (Å²) in [5.74, 6) is 3.04. The maximum atomic E-state index is 5.86. The lowest BCUT2D eigenvalue weighted by molar-refractivity contribution is -0.106. The van der Waals surface area contributed by atoms with Crippen molar-refractivity contribution in [1.29, 1.82) is 0 Å². The van der Waals surface area contributed by atoms with Crippen LogP contribution in [0.15, 0.2) is 23.2 Å². The van der Waals surface area contributed by atoms with Gasteiger partial charge in [0.15, 0.2) is 17.5 Å². The Morgan fingerprint density at radius 1 is 1.29 bits per heavy atom. The molecule has 2 aliphatic heterocycles. The first kappa shape index (κ1) is 15.6. The van der Waals surface area contributed by atoms with E-state index in [1.165, 1.54) is 0 Å². The zero-order valence-corrected chi connectivity index (χ0v) is 14.5. The van der Waals surface area contributed by atoms with Crippen molar-refractivity contribution in [1.82, 2.24) is 10.6 Å². The molecule has 0 aromatic heterocycles. The predicted molar refractivity (Wildman–Crippen MR) is 91.3 cm³/mol. The molecule has 6 nitrogen and oxygen atoms in total. The van der Waals surface area contributed by atoms with Gasteiger partial charge in [-0.1, -0.05) is 19.9 Å². The highest BCUT2D eigenvalue weighted by atomic mass is 16.7. The van der Waals surface area contributed by atoms with Gasteiger partial charge < -0.3 is 24.8 Å². The van der Waals surface area contributed by atoms with Crippen molar-refractivity contribution in [2.75, 3.05) is 20.4 Å². The van der Waals surface area contributed by atoms with Crippen molar-refractivity contribution in [3.63, 3.8) is 0 Å². The fraction of sp³-hybridized carbons (Fsp3) is 0.611. The Bertz CT molecular complexity index is 659. The smallest absolute Gasteiger partial charge is 0.231 e. The van der Waals surface area contributed by atoms with Gasteiger partial charge in [0.1, 0.15) is 0 Å². The number of nitrogens with zero attached hydrogens (tertiary/aromatic N) is 1. The minimum absolute atomic E-state index is 0.136. The molecule has 1 aliphatic carbocycles. The van der Waals surface area contributed by atoms with Crippen molar-refractivity contribution in [2.45, 2.75) is 39.0 Å². The van der Waals surface area contributed by atoms with Gasteiger partial charge in [0.2, 0.25) is 6.79 Å². The lowest BCUT2D eigenvalue weighted by atomic mass is 9.57. The van der Waals surface area contributed by atoms with Crippen LogP contribution in [-0.2, 0) is 11.3 Å².